The van der Waals surface area contributed by atoms with Crippen LogP contribution < -0.4 is 0 Å². The van der Waals surface area contributed by atoms with E-state index in [2.05, 4.69) is 0 Å². The van der Waals surface area contributed by atoms with Crippen LogP contribution in [-0.4, -0.2) is 165 Å². The van der Waals surface area contributed by atoms with Crippen LogP contribution in [0.2, 0.25) is 0 Å². The SMILES string of the molecule is CCC1OC(CO)C(OC2OC(CO)C(OC3OC(CO)C(OC)C(O)C3O)C(O)C2O)C(O)C1O. The Morgan fingerprint density at radius 3 is 1.33 bits per heavy atom. The van der Waals surface area contributed by atoms with Crippen molar-refractivity contribution in [1.82, 2.24) is 0 Å². The molecule has 3 aliphatic heterocycles. The number of hydrogen-bond donors (Lipinski definition) is 9. The van der Waals surface area contributed by atoms with Crippen LogP contribution in [0.3, 0.4) is 0 Å². The molecule has 0 aromatic rings. The second-order valence-corrected chi connectivity index (χ2v) is 9.10. The summed E-state index contributed by atoms with van der Waals surface area (Å²) >= 11 is 0. The van der Waals surface area contributed by atoms with E-state index in [9.17, 15) is 46.0 Å². The summed E-state index contributed by atoms with van der Waals surface area (Å²) in [5.41, 5.74) is 0. The molecule has 0 aliphatic carbocycles. The van der Waals surface area contributed by atoms with Crippen LogP contribution in [0.25, 0.3) is 0 Å². The maximum Gasteiger partial charge on any atom is 0.187 e. The van der Waals surface area contributed by atoms with E-state index >= 15 is 0 Å². The highest BCUT2D eigenvalue weighted by Gasteiger charge is 2.53. The summed E-state index contributed by atoms with van der Waals surface area (Å²) in [7, 11) is 1.25. The van der Waals surface area contributed by atoms with E-state index in [0.717, 1.165) is 0 Å². The van der Waals surface area contributed by atoms with Crippen LogP contribution in [0.4, 0.5) is 0 Å². The van der Waals surface area contributed by atoms with Gasteiger partial charge in [-0.05, 0) is 6.42 Å². The van der Waals surface area contributed by atoms with Gasteiger partial charge in [-0.3, -0.25) is 0 Å². The van der Waals surface area contributed by atoms with Crippen molar-refractivity contribution >= 4 is 0 Å². The van der Waals surface area contributed by atoms with Gasteiger partial charge in [0.1, 0.15) is 73.2 Å². The van der Waals surface area contributed by atoms with E-state index in [1.165, 1.54) is 7.11 Å². The van der Waals surface area contributed by atoms with Gasteiger partial charge in [-0.15, -0.1) is 0 Å². The molecule has 15 heteroatoms. The van der Waals surface area contributed by atoms with Gasteiger partial charge in [0.2, 0.25) is 0 Å². The Kier molecular flexibility index (Phi) is 10.8. The molecule has 15 unspecified atom stereocenters. The Balaban J connectivity index is 1.72. The first kappa shape index (κ1) is 29.9. The van der Waals surface area contributed by atoms with E-state index in [0.29, 0.717) is 6.42 Å². The predicted octanol–water partition coefficient (Wildman–Crippen LogP) is -5.46. The zero-order valence-corrected chi connectivity index (χ0v) is 20.0. The zero-order valence-electron chi connectivity index (χ0n) is 20.0. The lowest BCUT2D eigenvalue weighted by atomic mass is 9.93. The molecule has 3 rings (SSSR count). The highest BCUT2D eigenvalue weighted by molar-refractivity contribution is 4.97. The second-order valence-electron chi connectivity index (χ2n) is 9.10. The lowest BCUT2D eigenvalue weighted by molar-refractivity contribution is -0.373. The lowest BCUT2D eigenvalue weighted by Crippen LogP contribution is -2.66. The first-order valence-corrected chi connectivity index (χ1v) is 11.8. The molecule has 3 saturated heterocycles. The highest BCUT2D eigenvalue weighted by atomic mass is 16.7. The van der Waals surface area contributed by atoms with Crippen molar-refractivity contribution in [2.45, 2.75) is 105 Å². The molecular formula is C21H38O15. The van der Waals surface area contributed by atoms with Crippen LogP contribution in [-0.2, 0) is 28.4 Å². The van der Waals surface area contributed by atoms with Crippen LogP contribution in [0.15, 0.2) is 0 Å². The molecule has 36 heavy (non-hydrogen) atoms. The average Bonchev–Trinajstić information content (AvgIpc) is 2.88. The van der Waals surface area contributed by atoms with Crippen molar-refractivity contribution in [2.75, 3.05) is 26.9 Å². The summed E-state index contributed by atoms with van der Waals surface area (Å²) in [5.74, 6) is 0. The van der Waals surface area contributed by atoms with Gasteiger partial charge in [0, 0.05) is 7.11 Å². The molecular weight excluding hydrogens is 492 g/mol. The van der Waals surface area contributed by atoms with Crippen LogP contribution in [0.1, 0.15) is 13.3 Å². The van der Waals surface area contributed by atoms with Crippen molar-refractivity contribution < 1.29 is 74.4 Å². The topological polar surface area (TPSA) is 237 Å². The summed E-state index contributed by atoms with van der Waals surface area (Å²) in [6.45, 7) is -0.205. The summed E-state index contributed by atoms with van der Waals surface area (Å²) < 4.78 is 32.8. The molecule has 15 nitrogen and oxygen atoms in total. The third-order valence-electron chi connectivity index (χ3n) is 6.86. The van der Waals surface area contributed by atoms with Gasteiger partial charge in [-0.2, -0.15) is 0 Å². The predicted molar refractivity (Wildman–Crippen MR) is 114 cm³/mol. The third-order valence-corrected chi connectivity index (χ3v) is 6.86. The van der Waals surface area contributed by atoms with Gasteiger partial charge >= 0.3 is 0 Å². The maximum absolute atomic E-state index is 10.8. The fourth-order valence-electron chi connectivity index (χ4n) is 4.77. The minimum atomic E-state index is -1.82. The van der Waals surface area contributed by atoms with Gasteiger partial charge in [0.15, 0.2) is 12.6 Å². The van der Waals surface area contributed by atoms with Crippen molar-refractivity contribution in [3.05, 3.63) is 0 Å². The van der Waals surface area contributed by atoms with Crippen LogP contribution >= 0.6 is 0 Å². The van der Waals surface area contributed by atoms with Crippen molar-refractivity contribution in [3.63, 3.8) is 0 Å². The number of aliphatic hydroxyl groups is 9. The van der Waals surface area contributed by atoms with E-state index in [-0.39, 0.29) is 0 Å². The largest absolute Gasteiger partial charge is 0.394 e. The number of aliphatic hydroxyl groups excluding tert-OH is 9. The average molecular weight is 531 g/mol. The first-order chi connectivity index (χ1) is 17.1. The van der Waals surface area contributed by atoms with Gasteiger partial charge in [-0.1, -0.05) is 6.92 Å². The molecule has 0 saturated carbocycles. The van der Waals surface area contributed by atoms with Gasteiger partial charge in [0.25, 0.3) is 0 Å². The number of ether oxygens (including phenoxy) is 6. The quantitative estimate of drug-likeness (QED) is 0.135. The standard InChI is InChI=1S/C21H38O15/c1-3-7-11(25)12(26)18(9(5-23)32-7)35-21-16(30)14(28)19(10(6-24)34-21)36-20-15(29)13(27)17(31-2)8(4-22)33-20/h7-30H,3-6H2,1-2H3. The molecule has 0 aromatic heterocycles. The Bertz CT molecular complexity index is 665. The maximum atomic E-state index is 10.8. The zero-order chi connectivity index (χ0) is 26.7. The minimum Gasteiger partial charge on any atom is -0.394 e. The van der Waals surface area contributed by atoms with E-state index in [4.69, 9.17) is 28.4 Å². The molecule has 3 heterocycles. The molecule has 3 aliphatic rings. The molecule has 15 atom stereocenters. The molecule has 3 fully saturated rings. The fourth-order valence-corrected chi connectivity index (χ4v) is 4.77. The molecule has 0 radical (unpaired) electrons. The number of rotatable bonds is 9. The molecule has 0 amide bonds. The first-order valence-electron chi connectivity index (χ1n) is 11.8. The lowest BCUT2D eigenvalue weighted by Gasteiger charge is -2.48. The second kappa shape index (κ2) is 13.0. The Labute approximate surface area is 207 Å². The van der Waals surface area contributed by atoms with E-state index < -0.39 is 112 Å². The third kappa shape index (κ3) is 5.85. The smallest absolute Gasteiger partial charge is 0.187 e. The van der Waals surface area contributed by atoms with E-state index in [1.54, 1.807) is 6.92 Å². The highest BCUT2D eigenvalue weighted by Crippen LogP contribution is 2.33. The molecule has 0 aromatic carbocycles. The molecule has 9 N–H and O–H groups in total. The Hall–Kier alpha value is -0.600. The van der Waals surface area contributed by atoms with Crippen LogP contribution in [0.5, 0.6) is 0 Å². The Morgan fingerprint density at radius 1 is 0.528 bits per heavy atom. The molecule has 0 spiro atoms. The molecule has 0 bridgehead atoms. The van der Waals surface area contributed by atoms with E-state index in [1.807, 2.05) is 0 Å². The summed E-state index contributed by atoms with van der Waals surface area (Å²) in [6.07, 6.45) is -20.8. The van der Waals surface area contributed by atoms with Gasteiger partial charge < -0.3 is 74.4 Å². The normalized spacial score (nSPS) is 50.2. The molecule has 212 valence electrons. The van der Waals surface area contributed by atoms with Gasteiger partial charge in [-0.25, -0.2) is 0 Å². The van der Waals surface area contributed by atoms with Gasteiger partial charge in [0.05, 0.1) is 25.9 Å². The number of hydrogen-bond acceptors (Lipinski definition) is 15. The summed E-state index contributed by atoms with van der Waals surface area (Å²) in [6, 6.07) is 0. The summed E-state index contributed by atoms with van der Waals surface area (Å²) in [4.78, 5) is 0. The minimum absolute atomic E-state index is 0.348. The summed E-state index contributed by atoms with van der Waals surface area (Å²) in [5, 5.41) is 92.0. The van der Waals surface area contributed by atoms with Crippen molar-refractivity contribution in [2.24, 2.45) is 0 Å². The monoisotopic (exact) mass is 530 g/mol. The van der Waals surface area contributed by atoms with Crippen molar-refractivity contribution in [1.29, 1.82) is 0 Å². The Morgan fingerprint density at radius 2 is 0.917 bits per heavy atom. The van der Waals surface area contributed by atoms with Crippen molar-refractivity contribution in [3.8, 4) is 0 Å². The fraction of sp³-hybridized carbons (Fsp3) is 1.00. The number of methoxy groups -OCH3 is 1. The van der Waals surface area contributed by atoms with Crippen LogP contribution in [0, 0.1) is 0 Å².